The molecule has 20 heavy (non-hydrogen) atoms. The average Bonchev–Trinajstić information content (AvgIpc) is 2.76. The van der Waals surface area contributed by atoms with E-state index in [1.54, 1.807) is 6.07 Å². The minimum absolute atomic E-state index is 0.00912. The van der Waals surface area contributed by atoms with Gasteiger partial charge in [0, 0.05) is 18.3 Å². The Morgan fingerprint density at radius 2 is 2.05 bits per heavy atom. The Morgan fingerprint density at radius 3 is 2.65 bits per heavy atom. The van der Waals surface area contributed by atoms with Gasteiger partial charge in [-0.25, -0.2) is 0 Å². The summed E-state index contributed by atoms with van der Waals surface area (Å²) in [5, 5.41) is 9.03. The van der Waals surface area contributed by atoms with Gasteiger partial charge in [0.25, 0.3) is 0 Å². The maximum Gasteiger partial charge on any atom is 0.0643 e. The van der Waals surface area contributed by atoms with Gasteiger partial charge in [-0.15, -0.1) is 0 Å². The first kappa shape index (κ1) is 15.4. The predicted octanol–water partition coefficient (Wildman–Crippen LogP) is 4.12. The molecule has 0 bridgehead atoms. The topological polar surface area (TPSA) is 29.9 Å². The highest BCUT2D eigenvalue weighted by Crippen LogP contribution is 2.34. The van der Waals surface area contributed by atoms with E-state index in [1.807, 2.05) is 30.1 Å². The number of hydrogen-bond acceptors (Lipinski definition) is 2. The van der Waals surface area contributed by atoms with E-state index in [-0.39, 0.29) is 6.04 Å². The molecule has 0 spiro atoms. The lowest BCUT2D eigenvalue weighted by molar-refractivity contribution is 0.594. The molecule has 0 aliphatic heterocycles. The second kappa shape index (κ2) is 6.61. The van der Waals surface area contributed by atoms with Gasteiger partial charge in [-0.1, -0.05) is 42.3 Å². The molecule has 0 aliphatic rings. The van der Waals surface area contributed by atoms with E-state index < -0.39 is 0 Å². The zero-order chi connectivity index (χ0) is 14.7. The molecule has 3 nitrogen and oxygen atoms in total. The quantitative estimate of drug-likeness (QED) is 0.900. The number of benzene rings is 1. The molecule has 1 unspecified atom stereocenters. The van der Waals surface area contributed by atoms with Crippen molar-refractivity contribution in [3.8, 4) is 0 Å². The molecule has 0 amide bonds. The van der Waals surface area contributed by atoms with E-state index in [2.05, 4.69) is 24.3 Å². The normalized spacial score (nSPS) is 12.7. The van der Waals surface area contributed by atoms with Crippen LogP contribution in [0.2, 0.25) is 10.0 Å². The Labute approximate surface area is 129 Å². The van der Waals surface area contributed by atoms with Gasteiger partial charge >= 0.3 is 0 Å². The van der Waals surface area contributed by atoms with Gasteiger partial charge in [0.1, 0.15) is 0 Å². The summed E-state index contributed by atoms with van der Waals surface area (Å²) in [6, 6.07) is 5.75. The van der Waals surface area contributed by atoms with E-state index in [9.17, 15) is 0 Å². The van der Waals surface area contributed by atoms with Crippen molar-refractivity contribution < 1.29 is 0 Å². The van der Waals surface area contributed by atoms with E-state index in [1.165, 1.54) is 0 Å². The highest BCUT2D eigenvalue weighted by Gasteiger charge is 2.21. The van der Waals surface area contributed by atoms with Crippen molar-refractivity contribution in [1.82, 2.24) is 15.1 Å². The molecule has 0 radical (unpaired) electrons. The number of aryl methyl sites for hydroxylation is 1. The van der Waals surface area contributed by atoms with Gasteiger partial charge in [0.15, 0.2) is 0 Å². The first-order valence-corrected chi connectivity index (χ1v) is 7.47. The minimum Gasteiger partial charge on any atom is -0.306 e. The third-order valence-electron chi connectivity index (χ3n) is 3.48. The van der Waals surface area contributed by atoms with E-state index >= 15 is 0 Å². The highest BCUT2D eigenvalue weighted by molar-refractivity contribution is 6.42. The molecular weight excluding hydrogens is 293 g/mol. The molecule has 0 aliphatic carbocycles. The molecule has 5 heteroatoms. The predicted molar refractivity (Wildman–Crippen MR) is 84.5 cm³/mol. The van der Waals surface area contributed by atoms with Crippen molar-refractivity contribution in [2.75, 3.05) is 6.54 Å². The molecule has 1 heterocycles. The Balaban J connectivity index is 2.47. The Hall–Kier alpha value is -1.03. The third kappa shape index (κ3) is 3.00. The van der Waals surface area contributed by atoms with Crippen LogP contribution in [0.15, 0.2) is 24.4 Å². The van der Waals surface area contributed by atoms with Gasteiger partial charge in [0.2, 0.25) is 0 Å². The van der Waals surface area contributed by atoms with Crippen molar-refractivity contribution in [3.05, 3.63) is 51.3 Å². The van der Waals surface area contributed by atoms with Crippen LogP contribution in [-0.2, 0) is 7.05 Å². The van der Waals surface area contributed by atoms with E-state index in [4.69, 9.17) is 23.2 Å². The van der Waals surface area contributed by atoms with Gasteiger partial charge in [-0.3, -0.25) is 4.68 Å². The number of hydrogen-bond donors (Lipinski definition) is 1. The number of nitrogens with one attached hydrogen (secondary N) is 1. The minimum atomic E-state index is 0.00912. The van der Waals surface area contributed by atoms with Crippen LogP contribution in [0.25, 0.3) is 0 Å². The Kier molecular flexibility index (Phi) is 5.08. The smallest absolute Gasteiger partial charge is 0.0643 e. The maximum absolute atomic E-state index is 6.38. The van der Waals surface area contributed by atoms with Crippen LogP contribution in [-0.4, -0.2) is 16.3 Å². The average molecular weight is 312 g/mol. The molecule has 2 aromatic rings. The van der Waals surface area contributed by atoms with Crippen LogP contribution in [0.1, 0.15) is 36.2 Å². The summed E-state index contributed by atoms with van der Waals surface area (Å²) in [4.78, 5) is 0. The fourth-order valence-corrected chi connectivity index (χ4v) is 2.64. The van der Waals surface area contributed by atoms with E-state index in [0.29, 0.717) is 10.0 Å². The van der Waals surface area contributed by atoms with Crippen LogP contribution in [0, 0.1) is 6.92 Å². The van der Waals surface area contributed by atoms with Crippen molar-refractivity contribution in [1.29, 1.82) is 0 Å². The summed E-state index contributed by atoms with van der Waals surface area (Å²) in [5.41, 5.74) is 3.24. The lowest BCUT2D eigenvalue weighted by Crippen LogP contribution is -2.24. The summed E-state index contributed by atoms with van der Waals surface area (Å²) in [5.74, 6) is 0. The van der Waals surface area contributed by atoms with Crippen molar-refractivity contribution in [2.45, 2.75) is 26.3 Å². The van der Waals surface area contributed by atoms with Gasteiger partial charge < -0.3 is 5.32 Å². The molecule has 1 aromatic carbocycles. The van der Waals surface area contributed by atoms with Gasteiger partial charge in [-0.2, -0.15) is 5.10 Å². The number of rotatable bonds is 5. The fourth-order valence-electron chi connectivity index (χ4n) is 2.22. The van der Waals surface area contributed by atoms with Crippen LogP contribution in [0.4, 0.5) is 0 Å². The van der Waals surface area contributed by atoms with Crippen molar-refractivity contribution in [2.24, 2.45) is 7.05 Å². The Bertz CT molecular complexity index is 593. The van der Waals surface area contributed by atoms with Crippen LogP contribution >= 0.6 is 23.2 Å². The summed E-state index contributed by atoms with van der Waals surface area (Å²) < 4.78 is 1.87. The molecule has 0 fully saturated rings. The zero-order valence-electron chi connectivity index (χ0n) is 12.0. The van der Waals surface area contributed by atoms with Crippen LogP contribution in [0.3, 0.4) is 0 Å². The molecule has 1 atom stereocenters. The summed E-state index contributed by atoms with van der Waals surface area (Å²) in [7, 11) is 1.94. The van der Waals surface area contributed by atoms with Crippen molar-refractivity contribution >= 4 is 23.2 Å². The molecule has 1 aromatic heterocycles. The summed E-state index contributed by atoms with van der Waals surface area (Å²) >= 11 is 12.5. The molecular formula is C15H19Cl2N3. The number of aromatic nitrogens is 2. The molecule has 0 saturated heterocycles. The monoisotopic (exact) mass is 311 g/mol. The third-order valence-corrected chi connectivity index (χ3v) is 4.31. The molecule has 0 saturated carbocycles. The SMILES string of the molecule is CCCNC(c1cccc(Cl)c1Cl)c1cnn(C)c1C. The largest absolute Gasteiger partial charge is 0.306 e. The Morgan fingerprint density at radius 1 is 1.30 bits per heavy atom. The summed E-state index contributed by atoms with van der Waals surface area (Å²) in [6.07, 6.45) is 2.94. The van der Waals surface area contributed by atoms with Crippen molar-refractivity contribution in [3.63, 3.8) is 0 Å². The van der Waals surface area contributed by atoms with Gasteiger partial charge in [0.05, 0.1) is 22.3 Å². The van der Waals surface area contributed by atoms with Crippen LogP contribution in [0.5, 0.6) is 0 Å². The fraction of sp³-hybridized carbons (Fsp3) is 0.400. The second-order valence-electron chi connectivity index (χ2n) is 4.84. The zero-order valence-corrected chi connectivity index (χ0v) is 13.5. The lowest BCUT2D eigenvalue weighted by Gasteiger charge is -2.20. The lowest BCUT2D eigenvalue weighted by atomic mass is 9.99. The first-order chi connectivity index (χ1) is 9.56. The summed E-state index contributed by atoms with van der Waals surface area (Å²) in [6.45, 7) is 5.10. The maximum atomic E-state index is 6.38. The standard InChI is InChI=1S/C15H19Cl2N3/c1-4-8-18-15(12-9-19-20(3)10(12)2)11-6-5-7-13(16)14(11)17/h5-7,9,15,18H,4,8H2,1-3H3. The number of nitrogens with zero attached hydrogens (tertiary/aromatic N) is 2. The van der Waals surface area contributed by atoms with Crippen LogP contribution < -0.4 is 5.32 Å². The molecule has 108 valence electrons. The highest BCUT2D eigenvalue weighted by atomic mass is 35.5. The van der Waals surface area contributed by atoms with Gasteiger partial charge in [-0.05, 0) is 31.5 Å². The first-order valence-electron chi connectivity index (χ1n) is 6.72. The second-order valence-corrected chi connectivity index (χ2v) is 5.62. The molecule has 2 rings (SSSR count). The number of halogens is 2. The van der Waals surface area contributed by atoms with E-state index in [0.717, 1.165) is 29.8 Å². The molecule has 1 N–H and O–H groups in total.